The van der Waals surface area contributed by atoms with Crippen molar-refractivity contribution in [3.8, 4) is 0 Å². The Morgan fingerprint density at radius 2 is 1.78 bits per heavy atom. The van der Waals surface area contributed by atoms with Gasteiger partial charge in [-0.2, -0.15) is 0 Å². The van der Waals surface area contributed by atoms with E-state index in [9.17, 15) is 14.4 Å². The third-order valence-electron chi connectivity index (χ3n) is 4.74. The molecule has 0 radical (unpaired) electrons. The van der Waals surface area contributed by atoms with Gasteiger partial charge in [-0.15, -0.1) is 0 Å². The fourth-order valence-electron chi connectivity index (χ4n) is 3.32. The number of aliphatic carboxylic acids is 1. The highest BCUT2D eigenvalue weighted by atomic mass is 16.4. The van der Waals surface area contributed by atoms with E-state index in [-0.39, 0.29) is 30.7 Å². The molecule has 2 N–H and O–H groups in total. The van der Waals surface area contributed by atoms with Crippen molar-refractivity contribution in [2.45, 2.75) is 57.9 Å². The lowest BCUT2D eigenvalue weighted by Gasteiger charge is -2.32. The van der Waals surface area contributed by atoms with Crippen LogP contribution in [0.5, 0.6) is 0 Å². The van der Waals surface area contributed by atoms with E-state index in [1.165, 1.54) is 6.92 Å². The number of nitrogens with one attached hydrogen (secondary N) is 1. The lowest BCUT2D eigenvalue weighted by Crippen LogP contribution is -2.35. The van der Waals surface area contributed by atoms with Crippen molar-refractivity contribution in [1.82, 2.24) is 10.2 Å². The van der Waals surface area contributed by atoms with Crippen molar-refractivity contribution in [2.75, 3.05) is 6.54 Å². The summed E-state index contributed by atoms with van der Waals surface area (Å²) >= 11 is 0. The van der Waals surface area contributed by atoms with E-state index in [1.54, 1.807) is 11.1 Å². The number of hydrogen-bond acceptors (Lipinski definition) is 3. The zero-order chi connectivity index (χ0) is 19.6. The monoisotopic (exact) mass is 372 g/mol. The summed E-state index contributed by atoms with van der Waals surface area (Å²) in [5.74, 6) is -0.900. The van der Waals surface area contributed by atoms with Crippen LogP contribution in [-0.2, 0) is 14.4 Å². The van der Waals surface area contributed by atoms with E-state index >= 15 is 0 Å². The third-order valence-corrected chi connectivity index (χ3v) is 4.74. The van der Waals surface area contributed by atoms with Gasteiger partial charge in [0.15, 0.2) is 0 Å². The van der Waals surface area contributed by atoms with Crippen molar-refractivity contribution >= 4 is 23.9 Å². The summed E-state index contributed by atoms with van der Waals surface area (Å²) in [5.41, 5.74) is 2.03. The largest absolute Gasteiger partial charge is 0.481 e. The fraction of sp³-hybridized carbons (Fsp3) is 0.476. The normalized spacial score (nSPS) is 15.3. The first kappa shape index (κ1) is 20.7. The minimum Gasteiger partial charge on any atom is -0.481 e. The molecule has 0 bridgehead atoms. The highest BCUT2D eigenvalue weighted by molar-refractivity contribution is 5.81. The van der Waals surface area contributed by atoms with Crippen LogP contribution in [0.25, 0.3) is 6.08 Å². The molecule has 1 heterocycles. The lowest BCUT2D eigenvalue weighted by molar-refractivity contribution is -0.137. The van der Waals surface area contributed by atoms with Gasteiger partial charge in [-0.25, -0.2) is 0 Å². The number of rotatable bonds is 10. The Labute approximate surface area is 160 Å². The van der Waals surface area contributed by atoms with Gasteiger partial charge in [-0.1, -0.05) is 43.5 Å². The van der Waals surface area contributed by atoms with Crippen molar-refractivity contribution < 1.29 is 19.5 Å². The molecule has 1 aromatic carbocycles. The number of fused-ring (bicyclic) bond motifs is 1. The second-order valence-electron chi connectivity index (χ2n) is 6.85. The zero-order valence-electron chi connectivity index (χ0n) is 15.8. The Hall–Kier alpha value is -2.63. The summed E-state index contributed by atoms with van der Waals surface area (Å²) in [5, 5.41) is 11.5. The van der Waals surface area contributed by atoms with Gasteiger partial charge >= 0.3 is 5.97 Å². The number of carbonyl (C=O) groups is 3. The van der Waals surface area contributed by atoms with Gasteiger partial charge in [0.2, 0.25) is 11.8 Å². The summed E-state index contributed by atoms with van der Waals surface area (Å²) < 4.78 is 0. The Morgan fingerprint density at radius 3 is 2.52 bits per heavy atom. The molecule has 1 aliphatic rings. The molecule has 6 nitrogen and oxygen atoms in total. The average molecular weight is 372 g/mol. The molecule has 2 rings (SSSR count). The zero-order valence-corrected chi connectivity index (χ0v) is 15.8. The molecule has 1 atom stereocenters. The highest BCUT2D eigenvalue weighted by Gasteiger charge is 2.27. The van der Waals surface area contributed by atoms with Crippen molar-refractivity contribution in [3.63, 3.8) is 0 Å². The number of benzene rings is 1. The molecule has 1 unspecified atom stereocenters. The maximum absolute atomic E-state index is 12.4. The van der Waals surface area contributed by atoms with Crippen LogP contribution in [0.3, 0.4) is 0 Å². The van der Waals surface area contributed by atoms with Gasteiger partial charge in [0.1, 0.15) is 0 Å². The van der Waals surface area contributed by atoms with E-state index < -0.39 is 5.97 Å². The second kappa shape index (κ2) is 10.5. The predicted molar refractivity (Wildman–Crippen MR) is 104 cm³/mol. The molecule has 2 amide bonds. The number of carboxylic acids is 1. The third kappa shape index (κ3) is 6.55. The van der Waals surface area contributed by atoms with Crippen LogP contribution in [0.2, 0.25) is 0 Å². The molecule has 0 aromatic heterocycles. The minimum absolute atomic E-state index is 0.0674. The summed E-state index contributed by atoms with van der Waals surface area (Å²) in [6.45, 7) is 2.11. The highest BCUT2D eigenvalue weighted by Crippen LogP contribution is 2.32. The average Bonchev–Trinajstić information content (AvgIpc) is 2.63. The maximum Gasteiger partial charge on any atom is 0.303 e. The molecule has 146 valence electrons. The van der Waals surface area contributed by atoms with E-state index in [0.717, 1.165) is 36.8 Å². The molecule has 0 aliphatic carbocycles. The minimum atomic E-state index is -0.749. The van der Waals surface area contributed by atoms with Crippen LogP contribution in [-0.4, -0.2) is 34.3 Å². The van der Waals surface area contributed by atoms with Gasteiger partial charge in [-0.05, 0) is 30.0 Å². The summed E-state index contributed by atoms with van der Waals surface area (Å²) in [7, 11) is 0. The van der Waals surface area contributed by atoms with Gasteiger partial charge in [0, 0.05) is 26.1 Å². The van der Waals surface area contributed by atoms with Gasteiger partial charge < -0.3 is 15.3 Å². The number of hydrogen-bond donors (Lipinski definition) is 2. The molecular weight excluding hydrogens is 344 g/mol. The number of carbonyl (C=O) groups excluding carboxylic acids is 2. The molecule has 0 saturated carbocycles. The van der Waals surface area contributed by atoms with E-state index in [1.807, 2.05) is 30.3 Å². The quantitative estimate of drug-likeness (QED) is 0.616. The van der Waals surface area contributed by atoms with Crippen molar-refractivity contribution in [1.29, 1.82) is 0 Å². The molecular formula is C21H28N2O4. The summed E-state index contributed by atoms with van der Waals surface area (Å²) in [6.07, 6.45) is 8.53. The second-order valence-corrected chi connectivity index (χ2v) is 6.85. The Bertz CT molecular complexity index is 699. The first-order valence-corrected chi connectivity index (χ1v) is 9.53. The van der Waals surface area contributed by atoms with E-state index in [2.05, 4.69) is 5.32 Å². The van der Waals surface area contributed by atoms with Crippen molar-refractivity contribution in [2.24, 2.45) is 0 Å². The lowest BCUT2D eigenvalue weighted by atomic mass is 9.93. The molecule has 0 fully saturated rings. The molecule has 0 spiro atoms. The van der Waals surface area contributed by atoms with Crippen LogP contribution in [0, 0.1) is 0 Å². The van der Waals surface area contributed by atoms with Crippen LogP contribution in [0.1, 0.15) is 69.0 Å². The predicted octanol–water partition coefficient (Wildman–Crippen LogP) is 3.49. The molecule has 6 heteroatoms. The SMILES string of the molecule is CC(=O)N1C=Cc2ccccc2C1CC(=O)NCCCCCCCC(=O)O. The number of carboxylic acid groups (broad SMARTS) is 1. The van der Waals surface area contributed by atoms with E-state index in [0.29, 0.717) is 13.0 Å². The number of amides is 2. The Morgan fingerprint density at radius 1 is 1.07 bits per heavy atom. The standard InChI is InChI=1S/C21H28N2O4/c1-16(24)23-14-12-17-9-6-7-10-18(17)19(23)15-20(25)22-13-8-4-2-3-5-11-21(26)27/h6-7,9-10,12,14,19H,2-5,8,11,13,15H2,1H3,(H,22,25)(H,26,27). The van der Waals surface area contributed by atoms with Crippen LogP contribution < -0.4 is 5.32 Å². The van der Waals surface area contributed by atoms with Crippen LogP contribution >= 0.6 is 0 Å². The van der Waals surface area contributed by atoms with Crippen LogP contribution in [0.4, 0.5) is 0 Å². The molecule has 1 aliphatic heterocycles. The topological polar surface area (TPSA) is 86.7 Å². The molecule has 0 saturated heterocycles. The van der Waals surface area contributed by atoms with Crippen molar-refractivity contribution in [3.05, 3.63) is 41.6 Å². The Balaban J connectivity index is 1.76. The van der Waals surface area contributed by atoms with Gasteiger partial charge in [-0.3, -0.25) is 14.4 Å². The number of nitrogens with zero attached hydrogens (tertiary/aromatic N) is 1. The smallest absolute Gasteiger partial charge is 0.303 e. The molecule has 1 aromatic rings. The number of unbranched alkanes of at least 4 members (excludes halogenated alkanes) is 4. The Kier molecular flexibility index (Phi) is 8.04. The van der Waals surface area contributed by atoms with Gasteiger partial charge in [0.25, 0.3) is 0 Å². The maximum atomic E-state index is 12.4. The van der Waals surface area contributed by atoms with Crippen LogP contribution in [0.15, 0.2) is 30.5 Å². The molecule has 27 heavy (non-hydrogen) atoms. The summed E-state index contributed by atoms with van der Waals surface area (Å²) in [6, 6.07) is 7.54. The summed E-state index contributed by atoms with van der Waals surface area (Å²) in [4.78, 5) is 36.3. The van der Waals surface area contributed by atoms with Gasteiger partial charge in [0.05, 0.1) is 12.5 Å². The van der Waals surface area contributed by atoms with E-state index in [4.69, 9.17) is 5.11 Å². The first-order chi connectivity index (χ1) is 13.0. The fourth-order valence-corrected chi connectivity index (χ4v) is 3.32. The first-order valence-electron chi connectivity index (χ1n) is 9.53.